The molecular weight excluding hydrogens is 152 g/mol. The van der Waals surface area contributed by atoms with Crippen molar-refractivity contribution in [1.82, 2.24) is 0 Å². The number of hydrogen-bond acceptors (Lipinski definition) is 3. The highest BCUT2D eigenvalue weighted by Crippen LogP contribution is 2.01. The van der Waals surface area contributed by atoms with E-state index < -0.39 is 0 Å². The lowest BCUT2D eigenvalue weighted by Gasteiger charge is -2.01. The van der Waals surface area contributed by atoms with Crippen LogP contribution in [0.15, 0.2) is 40.5 Å². The van der Waals surface area contributed by atoms with E-state index in [9.17, 15) is 0 Å². The van der Waals surface area contributed by atoms with Gasteiger partial charge in [0.25, 0.3) is 0 Å². The van der Waals surface area contributed by atoms with Crippen LogP contribution in [0, 0.1) is 0 Å². The normalized spacial score (nSPS) is 10.9. The van der Waals surface area contributed by atoms with Crippen molar-refractivity contribution in [1.29, 1.82) is 0 Å². The van der Waals surface area contributed by atoms with E-state index in [4.69, 9.17) is 4.74 Å². The molecule has 62 valence electrons. The van der Waals surface area contributed by atoms with E-state index >= 15 is 0 Å². The zero-order valence-corrected chi connectivity index (χ0v) is 6.90. The lowest BCUT2D eigenvalue weighted by molar-refractivity contribution is 0.403. The third-order valence-corrected chi connectivity index (χ3v) is 1.38. The largest absolute Gasteiger partial charge is 0.479 e. The summed E-state index contributed by atoms with van der Waals surface area (Å²) in [5.41, 5.74) is 0.896. The topological polar surface area (TPSA) is 34.0 Å². The summed E-state index contributed by atoms with van der Waals surface area (Å²) in [6.45, 7) is 3.26. The molecule has 0 bridgehead atoms. The lowest BCUT2D eigenvalue weighted by Crippen LogP contribution is -2.01. The van der Waals surface area contributed by atoms with E-state index in [0.717, 1.165) is 5.56 Å². The van der Waals surface area contributed by atoms with E-state index in [1.165, 1.54) is 0 Å². The molecule has 0 N–H and O–H groups in total. The van der Waals surface area contributed by atoms with Gasteiger partial charge >= 0.3 is 0 Å². The smallest absolute Gasteiger partial charge is 0.240 e. The second-order valence-electron chi connectivity index (χ2n) is 2.12. The standard InChI is InChI=1S/C9H10N2O/c1-10-11-9(12-2)8-6-4-3-5-7-8/h3-7H,1H2,2H3/b11-9-. The van der Waals surface area contributed by atoms with E-state index in [-0.39, 0.29) is 0 Å². The zero-order chi connectivity index (χ0) is 8.81. The first kappa shape index (κ1) is 8.46. The van der Waals surface area contributed by atoms with Crippen molar-refractivity contribution in [3.05, 3.63) is 35.9 Å². The van der Waals surface area contributed by atoms with E-state index in [1.807, 2.05) is 30.3 Å². The first-order chi connectivity index (χ1) is 5.88. The van der Waals surface area contributed by atoms with Gasteiger partial charge in [0.2, 0.25) is 5.90 Å². The Labute approximate surface area is 71.4 Å². The van der Waals surface area contributed by atoms with E-state index in [1.54, 1.807) is 7.11 Å². The van der Waals surface area contributed by atoms with Crippen LogP contribution in [-0.4, -0.2) is 19.7 Å². The molecule has 0 fully saturated rings. The molecule has 0 atom stereocenters. The van der Waals surface area contributed by atoms with Crippen LogP contribution in [-0.2, 0) is 4.74 Å². The summed E-state index contributed by atoms with van der Waals surface area (Å²) < 4.78 is 4.99. The molecule has 12 heavy (non-hydrogen) atoms. The van der Waals surface area contributed by atoms with Gasteiger partial charge in [0.1, 0.15) is 0 Å². The Balaban J connectivity index is 2.95. The molecule has 0 amide bonds. The van der Waals surface area contributed by atoms with Crippen LogP contribution in [0.2, 0.25) is 0 Å². The van der Waals surface area contributed by atoms with Gasteiger partial charge in [-0.05, 0) is 12.1 Å². The molecular formula is C9H10N2O. The minimum atomic E-state index is 0.477. The summed E-state index contributed by atoms with van der Waals surface area (Å²) >= 11 is 0. The zero-order valence-electron chi connectivity index (χ0n) is 6.90. The Morgan fingerprint density at radius 3 is 2.50 bits per heavy atom. The van der Waals surface area contributed by atoms with Gasteiger partial charge in [-0.3, -0.25) is 0 Å². The molecule has 0 aliphatic heterocycles. The van der Waals surface area contributed by atoms with Crippen molar-refractivity contribution in [2.24, 2.45) is 10.2 Å². The molecule has 0 saturated heterocycles. The summed E-state index contributed by atoms with van der Waals surface area (Å²) in [5, 5.41) is 7.12. The number of nitrogens with zero attached hydrogens (tertiary/aromatic N) is 2. The van der Waals surface area contributed by atoms with Crippen LogP contribution in [0.5, 0.6) is 0 Å². The maximum absolute atomic E-state index is 4.99. The van der Waals surface area contributed by atoms with Crippen LogP contribution < -0.4 is 0 Å². The van der Waals surface area contributed by atoms with Gasteiger partial charge in [-0.15, -0.1) is 5.10 Å². The Kier molecular flexibility index (Phi) is 3.02. The van der Waals surface area contributed by atoms with Crippen molar-refractivity contribution in [2.75, 3.05) is 7.11 Å². The third kappa shape index (κ3) is 1.92. The van der Waals surface area contributed by atoms with Crippen molar-refractivity contribution in [3.63, 3.8) is 0 Å². The second-order valence-corrected chi connectivity index (χ2v) is 2.12. The highest BCUT2D eigenvalue weighted by Gasteiger charge is 1.99. The Bertz CT molecular complexity index is 280. The monoisotopic (exact) mass is 162 g/mol. The van der Waals surface area contributed by atoms with Crippen molar-refractivity contribution >= 4 is 12.6 Å². The Morgan fingerprint density at radius 1 is 1.33 bits per heavy atom. The summed E-state index contributed by atoms with van der Waals surface area (Å²) in [4.78, 5) is 0. The summed E-state index contributed by atoms with van der Waals surface area (Å²) in [7, 11) is 1.55. The van der Waals surface area contributed by atoms with Gasteiger partial charge in [-0.1, -0.05) is 18.2 Å². The summed E-state index contributed by atoms with van der Waals surface area (Å²) in [5.74, 6) is 0.477. The van der Waals surface area contributed by atoms with Gasteiger partial charge in [0.15, 0.2) is 0 Å². The molecule has 1 aromatic rings. The fraction of sp³-hybridized carbons (Fsp3) is 0.111. The third-order valence-electron chi connectivity index (χ3n) is 1.38. The molecule has 0 heterocycles. The van der Waals surface area contributed by atoms with Gasteiger partial charge in [0, 0.05) is 12.3 Å². The molecule has 0 aromatic heterocycles. The van der Waals surface area contributed by atoms with Crippen LogP contribution in [0.3, 0.4) is 0 Å². The molecule has 0 spiro atoms. The van der Waals surface area contributed by atoms with Crippen molar-refractivity contribution in [2.45, 2.75) is 0 Å². The maximum Gasteiger partial charge on any atom is 0.240 e. The first-order valence-electron chi connectivity index (χ1n) is 3.51. The van der Waals surface area contributed by atoms with Crippen molar-refractivity contribution in [3.8, 4) is 0 Å². The number of methoxy groups -OCH3 is 1. The number of hydrogen-bond donors (Lipinski definition) is 0. The lowest BCUT2D eigenvalue weighted by atomic mass is 10.2. The predicted octanol–water partition coefficient (Wildman–Crippen LogP) is 1.70. The van der Waals surface area contributed by atoms with E-state index in [2.05, 4.69) is 16.9 Å². The first-order valence-corrected chi connectivity index (χ1v) is 3.51. The highest BCUT2D eigenvalue weighted by atomic mass is 16.5. The highest BCUT2D eigenvalue weighted by molar-refractivity contribution is 5.93. The quantitative estimate of drug-likeness (QED) is 0.370. The molecule has 0 aliphatic rings. The van der Waals surface area contributed by atoms with Crippen LogP contribution in [0.4, 0.5) is 0 Å². The second kappa shape index (κ2) is 4.28. The van der Waals surface area contributed by atoms with Crippen molar-refractivity contribution < 1.29 is 4.74 Å². The number of ether oxygens (including phenoxy) is 1. The minimum Gasteiger partial charge on any atom is -0.479 e. The number of benzene rings is 1. The predicted molar refractivity (Wildman–Crippen MR) is 49.5 cm³/mol. The van der Waals surface area contributed by atoms with Crippen LogP contribution in [0.25, 0.3) is 0 Å². The molecule has 3 nitrogen and oxygen atoms in total. The Morgan fingerprint density at radius 2 is 2.00 bits per heavy atom. The Hall–Kier alpha value is -1.64. The summed E-state index contributed by atoms with van der Waals surface area (Å²) in [6.07, 6.45) is 0. The van der Waals surface area contributed by atoms with Gasteiger partial charge in [-0.25, -0.2) is 0 Å². The summed E-state index contributed by atoms with van der Waals surface area (Å²) in [6, 6.07) is 9.54. The van der Waals surface area contributed by atoms with E-state index in [0.29, 0.717) is 5.90 Å². The SMILES string of the molecule is C=N/N=C(\OC)c1ccccc1. The fourth-order valence-electron chi connectivity index (χ4n) is 0.861. The molecule has 0 radical (unpaired) electrons. The van der Waals surface area contributed by atoms with Gasteiger partial charge in [-0.2, -0.15) is 5.10 Å². The van der Waals surface area contributed by atoms with Crippen LogP contribution >= 0.6 is 0 Å². The van der Waals surface area contributed by atoms with Gasteiger partial charge in [0.05, 0.1) is 7.11 Å². The average Bonchev–Trinajstić information content (AvgIpc) is 2.15. The fourth-order valence-corrected chi connectivity index (χ4v) is 0.861. The molecule has 0 unspecified atom stereocenters. The molecule has 3 heteroatoms. The number of rotatable bonds is 2. The average molecular weight is 162 g/mol. The minimum absolute atomic E-state index is 0.477. The molecule has 0 saturated carbocycles. The van der Waals surface area contributed by atoms with Crippen LogP contribution in [0.1, 0.15) is 5.56 Å². The molecule has 0 aliphatic carbocycles. The van der Waals surface area contributed by atoms with Gasteiger partial charge < -0.3 is 4.74 Å². The molecule has 1 rings (SSSR count). The maximum atomic E-state index is 4.99. The molecule has 1 aromatic carbocycles.